The molecule has 0 saturated heterocycles. The molecule has 4 aromatic rings. The first kappa shape index (κ1) is 17.0. The molecule has 0 bridgehead atoms. The fraction of sp³-hybridized carbons (Fsp3) is 0.318. The zero-order chi connectivity index (χ0) is 18.9. The molecule has 1 saturated carbocycles. The summed E-state index contributed by atoms with van der Waals surface area (Å²) < 4.78 is 4.08. The molecule has 1 fully saturated rings. The van der Waals surface area contributed by atoms with Crippen LogP contribution in [0.1, 0.15) is 60.2 Å². The predicted octanol–water partition coefficient (Wildman–Crippen LogP) is 3.96. The molecule has 0 radical (unpaired) electrons. The van der Waals surface area contributed by atoms with Crippen LogP contribution in [0.2, 0.25) is 0 Å². The lowest BCUT2D eigenvalue weighted by Crippen LogP contribution is -2.24. The van der Waals surface area contributed by atoms with E-state index in [1.54, 1.807) is 0 Å². The molecule has 1 N–H and O–H groups in total. The monoisotopic (exact) mass is 373 g/mol. The normalized spacial score (nSPS) is 15.3. The molecular weight excluding hydrogens is 350 g/mol. The van der Waals surface area contributed by atoms with Gasteiger partial charge in [-0.05, 0) is 37.1 Å². The van der Waals surface area contributed by atoms with E-state index in [1.807, 2.05) is 59.4 Å². The van der Waals surface area contributed by atoms with Crippen LogP contribution in [0.4, 0.5) is 0 Å². The fourth-order valence-corrected chi connectivity index (χ4v) is 4.25. The molecule has 6 nitrogen and oxygen atoms in total. The molecule has 1 aliphatic rings. The Hall–Kier alpha value is -3.15. The molecule has 142 valence electrons. The Bertz CT molecular complexity index is 1140. The Balaban J connectivity index is 1.43. The molecule has 6 heteroatoms. The summed E-state index contributed by atoms with van der Waals surface area (Å²) in [5.74, 6) is 2.10. The molecule has 0 atom stereocenters. The van der Waals surface area contributed by atoms with Crippen molar-refractivity contribution in [1.82, 2.24) is 24.1 Å². The number of hydrogen-bond donors (Lipinski definition) is 1. The summed E-state index contributed by atoms with van der Waals surface area (Å²) in [7, 11) is 0. The Kier molecular flexibility index (Phi) is 4.31. The van der Waals surface area contributed by atoms with E-state index >= 15 is 0 Å². The fourth-order valence-electron chi connectivity index (χ4n) is 4.25. The number of carbonyl (C=O) groups excluding carboxylic acids is 1. The Morgan fingerprint density at radius 1 is 1.04 bits per heavy atom. The number of rotatable bonds is 4. The van der Waals surface area contributed by atoms with Gasteiger partial charge in [-0.2, -0.15) is 0 Å². The molecule has 0 unspecified atom stereocenters. The predicted molar refractivity (Wildman–Crippen MR) is 107 cm³/mol. The number of imidazole rings is 2. The van der Waals surface area contributed by atoms with Crippen molar-refractivity contribution in [3.63, 3.8) is 0 Å². The second kappa shape index (κ2) is 7.11. The summed E-state index contributed by atoms with van der Waals surface area (Å²) in [5, 5.41) is 3.00. The topological polar surface area (TPSA) is 63.7 Å². The lowest BCUT2D eigenvalue weighted by atomic mass is 9.89. The molecule has 0 spiro atoms. The van der Waals surface area contributed by atoms with E-state index < -0.39 is 0 Å². The highest BCUT2D eigenvalue weighted by Crippen LogP contribution is 2.33. The third-order valence-electron chi connectivity index (χ3n) is 5.68. The van der Waals surface area contributed by atoms with Crippen LogP contribution in [0.15, 0.2) is 55.0 Å². The van der Waals surface area contributed by atoms with Gasteiger partial charge in [0.05, 0.1) is 23.8 Å². The van der Waals surface area contributed by atoms with Gasteiger partial charge in [-0.3, -0.25) is 4.79 Å². The smallest absolute Gasteiger partial charge is 0.272 e. The summed E-state index contributed by atoms with van der Waals surface area (Å²) >= 11 is 0. The highest BCUT2D eigenvalue weighted by molar-refractivity contribution is 5.99. The average Bonchev–Trinajstić information content (AvgIpc) is 3.34. The van der Waals surface area contributed by atoms with Crippen LogP contribution in [0.5, 0.6) is 0 Å². The van der Waals surface area contributed by atoms with E-state index in [0.29, 0.717) is 18.2 Å². The standard InChI is InChI=1S/C22H23N5O/c28-22(24-15-19-23-14-17-10-4-6-12-26(17)19)20-18-11-5-7-13-27(18)21(25-20)16-8-2-1-3-9-16/h4-7,10-14,16H,1-3,8-9,15H2,(H,24,28). The van der Waals surface area contributed by atoms with Crippen LogP contribution >= 0.6 is 0 Å². The third kappa shape index (κ3) is 2.95. The number of aromatic nitrogens is 4. The first-order valence-electron chi connectivity index (χ1n) is 9.97. The van der Waals surface area contributed by atoms with E-state index in [0.717, 1.165) is 35.5 Å². The van der Waals surface area contributed by atoms with Crippen LogP contribution in [-0.4, -0.2) is 24.7 Å². The summed E-state index contributed by atoms with van der Waals surface area (Å²) in [6, 6.07) is 11.9. The minimum atomic E-state index is -0.154. The molecule has 28 heavy (non-hydrogen) atoms. The van der Waals surface area contributed by atoms with Crippen LogP contribution in [0.25, 0.3) is 11.0 Å². The second-order valence-corrected chi connectivity index (χ2v) is 7.46. The lowest BCUT2D eigenvalue weighted by Gasteiger charge is -2.20. The minimum Gasteiger partial charge on any atom is -0.343 e. The highest BCUT2D eigenvalue weighted by atomic mass is 16.1. The summed E-state index contributed by atoms with van der Waals surface area (Å²) in [4.78, 5) is 22.2. The number of amides is 1. The molecule has 4 heterocycles. The number of carbonyl (C=O) groups is 1. The zero-order valence-electron chi connectivity index (χ0n) is 15.7. The van der Waals surface area contributed by atoms with Gasteiger partial charge in [0.15, 0.2) is 5.69 Å². The van der Waals surface area contributed by atoms with Gasteiger partial charge in [-0.1, -0.05) is 31.4 Å². The molecule has 5 rings (SSSR count). The maximum Gasteiger partial charge on any atom is 0.272 e. The van der Waals surface area contributed by atoms with Crippen molar-refractivity contribution in [2.45, 2.75) is 44.6 Å². The third-order valence-corrected chi connectivity index (χ3v) is 5.68. The number of hydrogen-bond acceptors (Lipinski definition) is 3. The Labute approximate surface area is 163 Å². The van der Waals surface area contributed by atoms with E-state index in [2.05, 4.69) is 14.7 Å². The minimum absolute atomic E-state index is 0.154. The van der Waals surface area contributed by atoms with Crippen molar-refractivity contribution in [1.29, 1.82) is 0 Å². The second-order valence-electron chi connectivity index (χ2n) is 7.46. The maximum absolute atomic E-state index is 13.0. The van der Waals surface area contributed by atoms with Crippen molar-refractivity contribution < 1.29 is 4.79 Å². The highest BCUT2D eigenvalue weighted by Gasteiger charge is 2.24. The Morgan fingerprint density at radius 3 is 2.68 bits per heavy atom. The van der Waals surface area contributed by atoms with Crippen molar-refractivity contribution in [2.24, 2.45) is 0 Å². The Morgan fingerprint density at radius 2 is 1.82 bits per heavy atom. The largest absolute Gasteiger partial charge is 0.343 e. The molecule has 1 amide bonds. The number of nitrogens with zero attached hydrogens (tertiary/aromatic N) is 4. The van der Waals surface area contributed by atoms with E-state index in [-0.39, 0.29) is 5.91 Å². The quantitative estimate of drug-likeness (QED) is 0.589. The molecular formula is C22H23N5O. The number of nitrogens with one attached hydrogen (secondary N) is 1. The van der Waals surface area contributed by atoms with Gasteiger partial charge in [-0.25, -0.2) is 9.97 Å². The zero-order valence-corrected chi connectivity index (χ0v) is 15.7. The first-order chi connectivity index (χ1) is 13.8. The summed E-state index contributed by atoms with van der Waals surface area (Å²) in [6.07, 6.45) is 11.9. The van der Waals surface area contributed by atoms with Gasteiger partial charge < -0.3 is 14.1 Å². The molecule has 0 aromatic carbocycles. The van der Waals surface area contributed by atoms with Crippen LogP contribution in [-0.2, 0) is 6.54 Å². The van der Waals surface area contributed by atoms with Crippen molar-refractivity contribution in [3.05, 3.63) is 72.3 Å². The summed E-state index contributed by atoms with van der Waals surface area (Å²) in [5.41, 5.74) is 2.38. The van der Waals surface area contributed by atoms with Crippen molar-refractivity contribution in [2.75, 3.05) is 0 Å². The first-order valence-corrected chi connectivity index (χ1v) is 9.97. The van der Waals surface area contributed by atoms with Crippen molar-refractivity contribution >= 4 is 16.9 Å². The number of fused-ring (bicyclic) bond motifs is 2. The van der Waals surface area contributed by atoms with Gasteiger partial charge >= 0.3 is 0 Å². The van der Waals surface area contributed by atoms with E-state index in [9.17, 15) is 4.79 Å². The van der Waals surface area contributed by atoms with Gasteiger partial charge in [-0.15, -0.1) is 0 Å². The van der Waals surface area contributed by atoms with Crippen molar-refractivity contribution in [3.8, 4) is 0 Å². The summed E-state index contributed by atoms with van der Waals surface area (Å²) in [6.45, 7) is 0.363. The molecule has 0 aliphatic heterocycles. The maximum atomic E-state index is 13.0. The lowest BCUT2D eigenvalue weighted by molar-refractivity contribution is 0.0947. The molecule has 4 aromatic heterocycles. The van der Waals surface area contributed by atoms with Crippen LogP contribution in [0, 0.1) is 0 Å². The van der Waals surface area contributed by atoms with E-state index in [1.165, 1.54) is 19.3 Å². The molecule has 1 aliphatic carbocycles. The van der Waals surface area contributed by atoms with Gasteiger partial charge in [0.2, 0.25) is 0 Å². The van der Waals surface area contributed by atoms with Crippen LogP contribution < -0.4 is 5.32 Å². The number of pyridine rings is 2. The SMILES string of the molecule is O=C(NCc1ncc2ccccn12)c1nc(C2CCCCC2)n2ccccc12. The van der Waals surface area contributed by atoms with Crippen LogP contribution in [0.3, 0.4) is 0 Å². The average molecular weight is 373 g/mol. The van der Waals surface area contributed by atoms with Gasteiger partial charge in [0, 0.05) is 18.3 Å². The van der Waals surface area contributed by atoms with E-state index in [4.69, 9.17) is 4.98 Å². The van der Waals surface area contributed by atoms with Gasteiger partial charge in [0.25, 0.3) is 5.91 Å². The van der Waals surface area contributed by atoms with Gasteiger partial charge in [0.1, 0.15) is 11.6 Å².